The number of hydrogen-bond donors (Lipinski definition) is 1. The Bertz CT molecular complexity index is 679. The first-order valence-electron chi connectivity index (χ1n) is 9.39. The zero-order valence-corrected chi connectivity index (χ0v) is 17.4. The Morgan fingerprint density at radius 3 is 2.25 bits per heavy atom. The van der Waals surface area contributed by atoms with Crippen LogP contribution in [0.25, 0.3) is 0 Å². The van der Waals surface area contributed by atoms with Crippen molar-refractivity contribution < 1.29 is 23.8 Å². The Balaban J connectivity index is 1.75. The highest BCUT2D eigenvalue weighted by molar-refractivity contribution is 5.78. The molecule has 1 aliphatic heterocycles. The molecule has 8 heteroatoms. The first-order chi connectivity index (χ1) is 13.2. The molecule has 1 aromatic carbocycles. The molecule has 1 heterocycles. The van der Waals surface area contributed by atoms with Gasteiger partial charge in [0.05, 0.1) is 20.8 Å². The van der Waals surface area contributed by atoms with Crippen LogP contribution < -0.4 is 14.8 Å². The van der Waals surface area contributed by atoms with E-state index in [1.165, 1.54) is 0 Å². The lowest BCUT2D eigenvalue weighted by Gasteiger charge is -2.35. The Kier molecular flexibility index (Phi) is 7.51. The van der Waals surface area contributed by atoms with E-state index in [1.54, 1.807) is 19.1 Å². The molecule has 0 aromatic heterocycles. The van der Waals surface area contributed by atoms with E-state index in [-0.39, 0.29) is 12.0 Å². The van der Waals surface area contributed by atoms with Crippen LogP contribution in [0.1, 0.15) is 26.3 Å². The summed E-state index contributed by atoms with van der Waals surface area (Å²) in [5.74, 6) is 1.23. The molecule has 1 saturated heterocycles. The van der Waals surface area contributed by atoms with E-state index in [9.17, 15) is 9.59 Å². The van der Waals surface area contributed by atoms with Crippen LogP contribution in [0, 0.1) is 0 Å². The summed E-state index contributed by atoms with van der Waals surface area (Å²) in [7, 11) is 3.17. The molecule has 0 atom stereocenters. The number of piperazine rings is 1. The summed E-state index contributed by atoms with van der Waals surface area (Å²) in [6, 6.07) is 5.55. The molecular formula is C20H31N3O5. The van der Waals surface area contributed by atoms with Crippen molar-refractivity contribution in [3.63, 3.8) is 0 Å². The fourth-order valence-electron chi connectivity index (χ4n) is 2.87. The van der Waals surface area contributed by atoms with E-state index in [0.29, 0.717) is 50.8 Å². The van der Waals surface area contributed by atoms with Crippen molar-refractivity contribution >= 4 is 12.0 Å². The molecule has 156 valence electrons. The monoisotopic (exact) mass is 393 g/mol. The third-order valence-electron chi connectivity index (χ3n) is 4.33. The Labute approximate surface area is 166 Å². The predicted octanol–water partition coefficient (Wildman–Crippen LogP) is 1.87. The van der Waals surface area contributed by atoms with Gasteiger partial charge in [-0.1, -0.05) is 6.07 Å². The summed E-state index contributed by atoms with van der Waals surface area (Å²) in [5, 5.41) is 2.92. The van der Waals surface area contributed by atoms with Gasteiger partial charge in [0.2, 0.25) is 5.91 Å². The fraction of sp³-hybridized carbons (Fsp3) is 0.600. The molecule has 28 heavy (non-hydrogen) atoms. The number of nitrogens with one attached hydrogen (secondary N) is 1. The lowest BCUT2D eigenvalue weighted by Crippen LogP contribution is -2.52. The number of rotatable bonds is 6. The second-order valence-electron chi connectivity index (χ2n) is 7.71. The van der Waals surface area contributed by atoms with Gasteiger partial charge in [-0.25, -0.2) is 4.79 Å². The van der Waals surface area contributed by atoms with Gasteiger partial charge < -0.3 is 24.4 Å². The number of amides is 2. The first-order valence-corrected chi connectivity index (χ1v) is 9.39. The van der Waals surface area contributed by atoms with Gasteiger partial charge in [-0.05, 0) is 38.5 Å². The molecule has 0 aliphatic carbocycles. The maximum Gasteiger partial charge on any atom is 0.410 e. The topological polar surface area (TPSA) is 80.3 Å². The second kappa shape index (κ2) is 9.64. The van der Waals surface area contributed by atoms with Crippen molar-refractivity contribution in [2.24, 2.45) is 0 Å². The van der Waals surface area contributed by atoms with E-state index in [4.69, 9.17) is 14.2 Å². The molecule has 0 saturated carbocycles. The third kappa shape index (κ3) is 6.60. The minimum atomic E-state index is -0.502. The highest BCUT2D eigenvalue weighted by atomic mass is 16.6. The van der Waals surface area contributed by atoms with Crippen LogP contribution in [0.5, 0.6) is 11.5 Å². The number of methoxy groups -OCH3 is 2. The average Bonchev–Trinajstić information content (AvgIpc) is 2.65. The van der Waals surface area contributed by atoms with Crippen molar-refractivity contribution in [2.45, 2.75) is 32.9 Å². The van der Waals surface area contributed by atoms with Crippen LogP contribution in [0.3, 0.4) is 0 Å². The van der Waals surface area contributed by atoms with E-state index in [1.807, 2.05) is 43.9 Å². The molecule has 0 bridgehead atoms. The van der Waals surface area contributed by atoms with Crippen molar-refractivity contribution in [1.82, 2.24) is 15.1 Å². The summed E-state index contributed by atoms with van der Waals surface area (Å²) < 4.78 is 15.9. The molecule has 0 radical (unpaired) electrons. The molecule has 1 N–H and O–H groups in total. The first kappa shape index (κ1) is 21.8. The summed E-state index contributed by atoms with van der Waals surface area (Å²) in [6.45, 7) is 8.66. The van der Waals surface area contributed by atoms with E-state index in [0.717, 1.165) is 5.56 Å². The van der Waals surface area contributed by atoms with Crippen LogP contribution in [0.4, 0.5) is 4.79 Å². The third-order valence-corrected chi connectivity index (χ3v) is 4.33. The van der Waals surface area contributed by atoms with Gasteiger partial charge in [0.25, 0.3) is 0 Å². The van der Waals surface area contributed by atoms with Gasteiger partial charge in [0.1, 0.15) is 5.60 Å². The molecule has 1 fully saturated rings. The van der Waals surface area contributed by atoms with Gasteiger partial charge >= 0.3 is 6.09 Å². The second-order valence-corrected chi connectivity index (χ2v) is 7.71. The number of carbonyl (C=O) groups excluding carboxylic acids is 2. The molecule has 8 nitrogen and oxygen atoms in total. The zero-order chi connectivity index (χ0) is 20.7. The molecule has 2 rings (SSSR count). The Morgan fingerprint density at radius 1 is 1.04 bits per heavy atom. The van der Waals surface area contributed by atoms with Crippen LogP contribution in [0.15, 0.2) is 18.2 Å². The lowest BCUT2D eigenvalue weighted by molar-refractivity contribution is -0.122. The quantitative estimate of drug-likeness (QED) is 0.795. The van der Waals surface area contributed by atoms with Crippen LogP contribution >= 0.6 is 0 Å². The Hall–Kier alpha value is -2.48. The Morgan fingerprint density at radius 2 is 1.68 bits per heavy atom. The fourth-order valence-corrected chi connectivity index (χ4v) is 2.87. The smallest absolute Gasteiger partial charge is 0.410 e. The van der Waals surface area contributed by atoms with Crippen LogP contribution in [-0.2, 0) is 16.1 Å². The predicted molar refractivity (Wildman–Crippen MR) is 106 cm³/mol. The van der Waals surface area contributed by atoms with Gasteiger partial charge in [-0.2, -0.15) is 0 Å². The molecular weight excluding hydrogens is 362 g/mol. The average molecular weight is 393 g/mol. The minimum Gasteiger partial charge on any atom is -0.493 e. The molecule has 0 spiro atoms. The highest BCUT2D eigenvalue weighted by Crippen LogP contribution is 2.27. The molecule has 1 aromatic rings. The van der Waals surface area contributed by atoms with Crippen LogP contribution in [0.2, 0.25) is 0 Å². The van der Waals surface area contributed by atoms with E-state index < -0.39 is 5.60 Å². The largest absolute Gasteiger partial charge is 0.493 e. The van der Waals surface area contributed by atoms with Crippen molar-refractivity contribution in [3.8, 4) is 11.5 Å². The van der Waals surface area contributed by atoms with Crippen molar-refractivity contribution in [1.29, 1.82) is 0 Å². The van der Waals surface area contributed by atoms with Crippen molar-refractivity contribution in [2.75, 3.05) is 46.9 Å². The zero-order valence-electron chi connectivity index (χ0n) is 17.4. The number of hydrogen-bond acceptors (Lipinski definition) is 6. The van der Waals surface area contributed by atoms with Crippen molar-refractivity contribution in [3.05, 3.63) is 23.8 Å². The van der Waals surface area contributed by atoms with Gasteiger partial charge in [-0.3, -0.25) is 9.69 Å². The van der Waals surface area contributed by atoms with Gasteiger partial charge in [0, 0.05) is 32.7 Å². The molecule has 1 aliphatic rings. The van der Waals surface area contributed by atoms with Gasteiger partial charge in [0.15, 0.2) is 11.5 Å². The maximum absolute atomic E-state index is 12.3. The highest BCUT2D eigenvalue weighted by Gasteiger charge is 2.26. The number of benzene rings is 1. The number of nitrogens with zero attached hydrogens (tertiary/aromatic N) is 2. The minimum absolute atomic E-state index is 0.0551. The maximum atomic E-state index is 12.3. The standard InChI is InChI=1S/C20H31N3O5/c1-20(2,3)28-19(25)23-10-8-22(9-11-23)14-18(24)21-13-15-6-7-16(26-4)17(12-15)27-5/h6-7,12H,8-11,13-14H2,1-5H3,(H,21,24). The number of carbonyl (C=O) groups is 2. The summed E-state index contributed by atoms with van der Waals surface area (Å²) in [6.07, 6.45) is -0.301. The SMILES string of the molecule is COc1ccc(CNC(=O)CN2CCN(C(=O)OC(C)(C)C)CC2)cc1OC. The lowest BCUT2D eigenvalue weighted by atomic mass is 10.2. The number of ether oxygens (including phenoxy) is 3. The van der Waals surface area contributed by atoms with E-state index >= 15 is 0 Å². The normalized spacial score (nSPS) is 15.1. The van der Waals surface area contributed by atoms with E-state index in [2.05, 4.69) is 5.32 Å². The molecule has 2 amide bonds. The summed E-state index contributed by atoms with van der Waals surface area (Å²) in [4.78, 5) is 28.1. The summed E-state index contributed by atoms with van der Waals surface area (Å²) in [5.41, 5.74) is 0.430. The van der Waals surface area contributed by atoms with Gasteiger partial charge in [-0.15, -0.1) is 0 Å². The molecule has 0 unspecified atom stereocenters. The van der Waals surface area contributed by atoms with Crippen LogP contribution in [-0.4, -0.2) is 74.3 Å². The summed E-state index contributed by atoms with van der Waals surface area (Å²) >= 11 is 0.